The highest BCUT2D eigenvalue weighted by Gasteiger charge is 2.19. The SMILES string of the molecule is OCC1CCCCCN1CCCOc1ccc(F)cc1. The maximum Gasteiger partial charge on any atom is 0.123 e. The standard InChI is InChI=1S/C16H24FNO2/c17-14-6-8-16(9-7-14)20-12-4-11-18-10-3-1-2-5-15(18)13-19/h6-9,15,19H,1-5,10-13H2. The Morgan fingerprint density at radius 1 is 1.20 bits per heavy atom. The molecule has 0 saturated carbocycles. The first kappa shape index (κ1) is 15.3. The number of halogens is 1. The second-order valence-corrected chi connectivity index (χ2v) is 5.38. The van der Waals surface area contributed by atoms with Crippen LogP contribution in [0.3, 0.4) is 0 Å². The van der Waals surface area contributed by atoms with Crippen LogP contribution in [-0.2, 0) is 0 Å². The summed E-state index contributed by atoms with van der Waals surface area (Å²) < 4.78 is 18.3. The van der Waals surface area contributed by atoms with Crippen LogP contribution in [0.4, 0.5) is 4.39 Å². The van der Waals surface area contributed by atoms with Gasteiger partial charge in [0.1, 0.15) is 11.6 Å². The quantitative estimate of drug-likeness (QED) is 0.814. The molecule has 0 spiro atoms. The third-order valence-corrected chi connectivity index (χ3v) is 3.88. The van der Waals surface area contributed by atoms with E-state index in [4.69, 9.17) is 4.74 Å². The molecule has 1 aromatic rings. The zero-order chi connectivity index (χ0) is 14.2. The molecule has 1 aromatic carbocycles. The van der Waals surface area contributed by atoms with Crippen molar-refractivity contribution in [3.05, 3.63) is 30.1 Å². The van der Waals surface area contributed by atoms with Crippen LogP contribution >= 0.6 is 0 Å². The minimum atomic E-state index is -0.243. The van der Waals surface area contributed by atoms with E-state index in [2.05, 4.69) is 4.90 Å². The van der Waals surface area contributed by atoms with Crippen LogP contribution in [-0.4, -0.2) is 42.4 Å². The average Bonchev–Trinajstić information content (AvgIpc) is 2.70. The topological polar surface area (TPSA) is 32.7 Å². The van der Waals surface area contributed by atoms with Crippen molar-refractivity contribution in [2.75, 3.05) is 26.3 Å². The largest absolute Gasteiger partial charge is 0.494 e. The summed E-state index contributed by atoms with van der Waals surface area (Å²) >= 11 is 0. The van der Waals surface area contributed by atoms with E-state index in [0.29, 0.717) is 18.4 Å². The molecule has 1 atom stereocenters. The van der Waals surface area contributed by atoms with Crippen molar-refractivity contribution in [2.45, 2.75) is 38.1 Å². The Hall–Kier alpha value is -1.13. The van der Waals surface area contributed by atoms with Gasteiger partial charge in [-0.25, -0.2) is 4.39 Å². The van der Waals surface area contributed by atoms with E-state index in [-0.39, 0.29) is 12.4 Å². The molecule has 1 N–H and O–H groups in total. The second-order valence-electron chi connectivity index (χ2n) is 5.38. The van der Waals surface area contributed by atoms with Gasteiger partial charge < -0.3 is 9.84 Å². The summed E-state index contributed by atoms with van der Waals surface area (Å²) in [6, 6.07) is 6.43. The van der Waals surface area contributed by atoms with Crippen molar-refractivity contribution in [1.29, 1.82) is 0 Å². The number of ether oxygens (including phenoxy) is 1. The molecule has 0 amide bonds. The van der Waals surface area contributed by atoms with Gasteiger partial charge in [-0.2, -0.15) is 0 Å². The van der Waals surface area contributed by atoms with Gasteiger partial charge in [0.15, 0.2) is 0 Å². The van der Waals surface area contributed by atoms with E-state index in [1.54, 1.807) is 12.1 Å². The van der Waals surface area contributed by atoms with Crippen molar-refractivity contribution in [2.24, 2.45) is 0 Å². The number of hydrogen-bond acceptors (Lipinski definition) is 3. The highest BCUT2D eigenvalue weighted by atomic mass is 19.1. The van der Waals surface area contributed by atoms with Crippen LogP contribution < -0.4 is 4.74 Å². The van der Waals surface area contributed by atoms with Gasteiger partial charge >= 0.3 is 0 Å². The van der Waals surface area contributed by atoms with Crippen molar-refractivity contribution < 1.29 is 14.2 Å². The molecule has 0 aliphatic carbocycles. The maximum atomic E-state index is 12.8. The van der Waals surface area contributed by atoms with E-state index in [0.717, 1.165) is 25.9 Å². The van der Waals surface area contributed by atoms with Crippen molar-refractivity contribution in [3.8, 4) is 5.75 Å². The van der Waals surface area contributed by atoms with E-state index < -0.39 is 0 Å². The summed E-state index contributed by atoms with van der Waals surface area (Å²) in [7, 11) is 0. The third kappa shape index (κ3) is 4.76. The van der Waals surface area contributed by atoms with E-state index in [1.807, 2.05) is 0 Å². The lowest BCUT2D eigenvalue weighted by Crippen LogP contribution is -2.38. The van der Waals surface area contributed by atoms with Crippen LogP contribution in [0.5, 0.6) is 5.75 Å². The van der Waals surface area contributed by atoms with Crippen molar-refractivity contribution in [1.82, 2.24) is 4.90 Å². The summed E-state index contributed by atoms with van der Waals surface area (Å²) in [4.78, 5) is 2.38. The lowest BCUT2D eigenvalue weighted by molar-refractivity contribution is 0.118. The van der Waals surface area contributed by atoms with Gasteiger partial charge in [-0.1, -0.05) is 12.8 Å². The Morgan fingerprint density at radius 2 is 2.00 bits per heavy atom. The Balaban J connectivity index is 1.70. The maximum absolute atomic E-state index is 12.8. The molecule has 1 aliphatic heterocycles. The minimum absolute atomic E-state index is 0.243. The van der Waals surface area contributed by atoms with Gasteiger partial charge in [0.05, 0.1) is 13.2 Å². The van der Waals surface area contributed by atoms with Crippen LogP contribution in [0.15, 0.2) is 24.3 Å². The molecule has 2 rings (SSSR count). The fourth-order valence-corrected chi connectivity index (χ4v) is 2.73. The zero-order valence-electron chi connectivity index (χ0n) is 11.9. The normalized spacial score (nSPS) is 20.6. The number of hydrogen-bond donors (Lipinski definition) is 1. The summed E-state index contributed by atoms with van der Waals surface area (Å²) in [5.41, 5.74) is 0. The molecule has 20 heavy (non-hydrogen) atoms. The molecule has 1 aliphatic rings. The molecular weight excluding hydrogens is 257 g/mol. The van der Waals surface area contributed by atoms with Crippen LogP contribution in [0.2, 0.25) is 0 Å². The highest BCUT2D eigenvalue weighted by molar-refractivity contribution is 5.21. The minimum Gasteiger partial charge on any atom is -0.494 e. The molecule has 1 fully saturated rings. The predicted octanol–water partition coefficient (Wildman–Crippen LogP) is 2.83. The fraction of sp³-hybridized carbons (Fsp3) is 0.625. The molecule has 1 saturated heterocycles. The van der Waals surface area contributed by atoms with Gasteiger partial charge in [-0.05, 0) is 50.1 Å². The summed E-state index contributed by atoms with van der Waals surface area (Å²) in [5, 5.41) is 9.44. The molecule has 1 unspecified atom stereocenters. The van der Waals surface area contributed by atoms with Gasteiger partial charge in [-0.15, -0.1) is 0 Å². The van der Waals surface area contributed by atoms with Crippen molar-refractivity contribution in [3.63, 3.8) is 0 Å². The number of aliphatic hydroxyl groups is 1. The first-order valence-corrected chi connectivity index (χ1v) is 7.53. The van der Waals surface area contributed by atoms with Crippen molar-refractivity contribution >= 4 is 0 Å². The number of rotatable bonds is 6. The Kier molecular flexibility index (Phi) is 6.27. The Labute approximate surface area is 120 Å². The predicted molar refractivity (Wildman–Crippen MR) is 77.4 cm³/mol. The number of likely N-dealkylation sites (tertiary alicyclic amines) is 1. The molecular formula is C16H24FNO2. The highest BCUT2D eigenvalue weighted by Crippen LogP contribution is 2.17. The zero-order valence-corrected chi connectivity index (χ0v) is 11.9. The van der Waals surface area contributed by atoms with Crippen LogP contribution in [0, 0.1) is 5.82 Å². The first-order valence-electron chi connectivity index (χ1n) is 7.53. The molecule has 0 bridgehead atoms. The second kappa shape index (κ2) is 8.22. The molecule has 4 heteroatoms. The summed E-state index contributed by atoms with van der Waals surface area (Å²) in [5.74, 6) is 0.466. The number of aliphatic hydroxyl groups excluding tert-OH is 1. The van der Waals surface area contributed by atoms with E-state index >= 15 is 0 Å². The van der Waals surface area contributed by atoms with Gasteiger partial charge in [-0.3, -0.25) is 4.90 Å². The number of benzene rings is 1. The third-order valence-electron chi connectivity index (χ3n) is 3.88. The molecule has 0 aromatic heterocycles. The van der Waals surface area contributed by atoms with Gasteiger partial charge in [0.2, 0.25) is 0 Å². The lowest BCUT2D eigenvalue weighted by Gasteiger charge is -2.28. The summed E-state index contributed by atoms with van der Waals surface area (Å²) in [6.07, 6.45) is 5.71. The van der Waals surface area contributed by atoms with Gasteiger partial charge in [0, 0.05) is 12.6 Å². The Bertz CT molecular complexity index is 383. The molecule has 112 valence electrons. The molecule has 1 heterocycles. The Morgan fingerprint density at radius 3 is 2.75 bits per heavy atom. The fourth-order valence-electron chi connectivity index (χ4n) is 2.73. The average molecular weight is 281 g/mol. The summed E-state index contributed by atoms with van der Waals surface area (Å²) in [6.45, 7) is 2.90. The first-order chi connectivity index (χ1) is 9.79. The lowest BCUT2D eigenvalue weighted by atomic mass is 10.1. The molecule has 0 radical (unpaired) electrons. The molecule has 3 nitrogen and oxygen atoms in total. The van der Waals surface area contributed by atoms with E-state index in [9.17, 15) is 9.50 Å². The van der Waals surface area contributed by atoms with E-state index in [1.165, 1.54) is 31.4 Å². The van der Waals surface area contributed by atoms with Gasteiger partial charge in [0.25, 0.3) is 0 Å². The van der Waals surface area contributed by atoms with Crippen LogP contribution in [0.1, 0.15) is 32.1 Å². The monoisotopic (exact) mass is 281 g/mol. The smallest absolute Gasteiger partial charge is 0.123 e. The van der Waals surface area contributed by atoms with Crippen LogP contribution in [0.25, 0.3) is 0 Å². The number of nitrogens with zero attached hydrogens (tertiary/aromatic N) is 1.